The Bertz CT molecular complexity index is 622. The number of esters is 1. The molecule has 0 radical (unpaired) electrons. The molecule has 0 bridgehead atoms. The van der Waals surface area contributed by atoms with E-state index in [1.807, 2.05) is 6.92 Å². The van der Waals surface area contributed by atoms with E-state index in [-0.39, 0.29) is 5.91 Å². The number of rotatable bonds is 6. The molecule has 1 aromatic rings. The number of methoxy groups -OCH3 is 1. The molecule has 2 N–H and O–H groups in total. The van der Waals surface area contributed by atoms with Crippen molar-refractivity contribution in [1.29, 1.82) is 0 Å². The van der Waals surface area contributed by atoms with Crippen LogP contribution in [0.3, 0.4) is 0 Å². The van der Waals surface area contributed by atoms with Crippen LogP contribution < -0.4 is 5.32 Å². The van der Waals surface area contributed by atoms with Crippen LogP contribution in [0.2, 0.25) is 0 Å². The lowest BCUT2D eigenvalue weighted by atomic mass is 9.97. The van der Waals surface area contributed by atoms with E-state index < -0.39 is 5.97 Å². The van der Waals surface area contributed by atoms with Crippen molar-refractivity contribution in [2.75, 3.05) is 26.7 Å². The molecule has 2 rings (SSSR count). The van der Waals surface area contributed by atoms with Gasteiger partial charge in [0.15, 0.2) is 0 Å². The lowest BCUT2D eigenvalue weighted by Gasteiger charge is -2.35. The van der Waals surface area contributed by atoms with E-state index in [9.17, 15) is 9.59 Å². The van der Waals surface area contributed by atoms with E-state index in [2.05, 4.69) is 29.0 Å². The maximum absolute atomic E-state index is 12.6. The van der Waals surface area contributed by atoms with Crippen LogP contribution in [0.25, 0.3) is 0 Å². The normalized spacial score (nSPS) is 18.4. The lowest BCUT2D eigenvalue weighted by molar-refractivity contribution is 0.0599. The number of likely N-dealkylation sites (tertiary alicyclic amines) is 1. The summed E-state index contributed by atoms with van der Waals surface area (Å²) in [5.74, 6) is -0.0744. The van der Waals surface area contributed by atoms with Crippen molar-refractivity contribution < 1.29 is 14.3 Å². The molecule has 1 aromatic heterocycles. The van der Waals surface area contributed by atoms with E-state index in [1.165, 1.54) is 13.5 Å². The van der Waals surface area contributed by atoms with Crippen molar-refractivity contribution in [1.82, 2.24) is 15.2 Å². The van der Waals surface area contributed by atoms with E-state index in [1.54, 1.807) is 6.92 Å². The smallest absolute Gasteiger partial charge is 0.339 e. The fraction of sp³-hybridized carbons (Fsp3) is 0.684. The van der Waals surface area contributed by atoms with Gasteiger partial charge in [-0.15, -0.1) is 0 Å². The molecule has 0 aliphatic carbocycles. The Balaban J connectivity index is 2.04. The molecule has 1 aliphatic rings. The minimum Gasteiger partial charge on any atom is -0.465 e. The number of carbonyl (C=O) groups is 2. The zero-order chi connectivity index (χ0) is 18.6. The van der Waals surface area contributed by atoms with E-state index in [0.29, 0.717) is 41.7 Å². The molecule has 1 saturated heterocycles. The van der Waals surface area contributed by atoms with Crippen LogP contribution in [0.4, 0.5) is 0 Å². The van der Waals surface area contributed by atoms with Gasteiger partial charge in [0.05, 0.1) is 12.7 Å². The maximum atomic E-state index is 12.6. The number of hydrogen-bond acceptors (Lipinski definition) is 4. The van der Waals surface area contributed by atoms with Gasteiger partial charge in [0.2, 0.25) is 0 Å². The van der Waals surface area contributed by atoms with Gasteiger partial charge in [-0.25, -0.2) is 4.79 Å². The average Bonchev–Trinajstić information content (AvgIpc) is 2.95. The molecule has 0 spiro atoms. The largest absolute Gasteiger partial charge is 0.465 e. The molecule has 1 amide bonds. The summed E-state index contributed by atoms with van der Waals surface area (Å²) in [6, 6.07) is 0.541. The number of ether oxygens (including phenoxy) is 1. The van der Waals surface area contributed by atoms with E-state index in [0.717, 1.165) is 25.2 Å². The topological polar surface area (TPSA) is 74.4 Å². The van der Waals surface area contributed by atoms with E-state index >= 15 is 0 Å². The Morgan fingerprint density at radius 3 is 2.72 bits per heavy atom. The van der Waals surface area contributed by atoms with Crippen molar-refractivity contribution in [3.63, 3.8) is 0 Å². The highest BCUT2D eigenvalue weighted by Crippen LogP contribution is 2.21. The predicted octanol–water partition coefficient (Wildman–Crippen LogP) is 2.52. The van der Waals surface area contributed by atoms with E-state index in [4.69, 9.17) is 4.74 Å². The Labute approximate surface area is 150 Å². The first-order chi connectivity index (χ1) is 11.9. The molecule has 140 valence electrons. The number of hydrogen-bond donors (Lipinski definition) is 2. The van der Waals surface area contributed by atoms with Gasteiger partial charge < -0.3 is 19.9 Å². The molecule has 0 unspecified atom stereocenters. The van der Waals surface area contributed by atoms with Gasteiger partial charge in [0.1, 0.15) is 5.69 Å². The second kappa shape index (κ2) is 8.52. The summed E-state index contributed by atoms with van der Waals surface area (Å²) in [7, 11) is 1.36. The number of amides is 1. The number of carbonyl (C=O) groups excluding carboxylic acids is 2. The Hall–Kier alpha value is -1.82. The van der Waals surface area contributed by atoms with Crippen LogP contribution >= 0.6 is 0 Å². The highest BCUT2D eigenvalue weighted by molar-refractivity contribution is 6.00. The third kappa shape index (κ3) is 4.42. The Kier molecular flexibility index (Phi) is 6.64. The van der Waals surface area contributed by atoms with Crippen molar-refractivity contribution in [2.24, 2.45) is 5.92 Å². The van der Waals surface area contributed by atoms with Gasteiger partial charge in [-0.2, -0.15) is 0 Å². The third-order valence-corrected chi connectivity index (χ3v) is 5.13. The zero-order valence-electron chi connectivity index (χ0n) is 16.1. The Morgan fingerprint density at radius 1 is 1.40 bits per heavy atom. The molecule has 1 aliphatic heterocycles. The summed E-state index contributed by atoms with van der Waals surface area (Å²) < 4.78 is 4.85. The highest BCUT2D eigenvalue weighted by atomic mass is 16.5. The van der Waals surface area contributed by atoms with Crippen LogP contribution in [0.5, 0.6) is 0 Å². The van der Waals surface area contributed by atoms with Gasteiger partial charge in [-0.1, -0.05) is 6.92 Å². The number of nitrogens with one attached hydrogen (secondary N) is 2. The maximum Gasteiger partial charge on any atom is 0.339 e. The average molecular weight is 349 g/mol. The molecular weight excluding hydrogens is 318 g/mol. The summed E-state index contributed by atoms with van der Waals surface area (Å²) in [5, 5.41) is 3.04. The number of H-pyrrole nitrogens is 1. The second-order valence-electron chi connectivity index (χ2n) is 7.13. The standard InChI is InChI=1S/C19H31N3O3/c1-6-15-16(19(24)25-5)13(4)17(21-15)18(23)20-10-14-8-7-9-22(11-14)12(2)3/h12,14,21H,6-11H2,1-5H3,(H,20,23)/t14-/m1/s1. The summed E-state index contributed by atoms with van der Waals surface area (Å²) in [6.45, 7) is 11.0. The molecule has 6 heteroatoms. The first kappa shape index (κ1) is 19.5. The number of piperidine rings is 1. The zero-order valence-corrected chi connectivity index (χ0v) is 16.1. The first-order valence-corrected chi connectivity index (χ1v) is 9.20. The van der Waals surface area contributed by atoms with Crippen molar-refractivity contribution in [3.8, 4) is 0 Å². The van der Waals surface area contributed by atoms with Gasteiger partial charge in [0, 0.05) is 24.8 Å². The van der Waals surface area contributed by atoms with Crippen molar-refractivity contribution in [2.45, 2.75) is 53.0 Å². The monoisotopic (exact) mass is 349 g/mol. The van der Waals surface area contributed by atoms with Gasteiger partial charge >= 0.3 is 5.97 Å². The predicted molar refractivity (Wildman–Crippen MR) is 98.0 cm³/mol. The fourth-order valence-corrected chi connectivity index (χ4v) is 3.59. The minimum absolute atomic E-state index is 0.149. The molecule has 6 nitrogen and oxygen atoms in total. The fourth-order valence-electron chi connectivity index (χ4n) is 3.59. The summed E-state index contributed by atoms with van der Waals surface area (Å²) in [6.07, 6.45) is 2.96. The van der Waals surface area contributed by atoms with Crippen LogP contribution in [-0.4, -0.2) is 54.5 Å². The quantitative estimate of drug-likeness (QED) is 0.774. The number of aromatic nitrogens is 1. The molecular formula is C19H31N3O3. The molecule has 0 saturated carbocycles. The highest BCUT2D eigenvalue weighted by Gasteiger charge is 2.25. The van der Waals surface area contributed by atoms with Gasteiger partial charge in [-0.05, 0) is 58.1 Å². The summed E-state index contributed by atoms with van der Waals surface area (Å²) >= 11 is 0. The summed E-state index contributed by atoms with van der Waals surface area (Å²) in [4.78, 5) is 30.2. The molecule has 1 fully saturated rings. The molecule has 25 heavy (non-hydrogen) atoms. The van der Waals surface area contributed by atoms with Crippen molar-refractivity contribution >= 4 is 11.9 Å². The molecule has 2 heterocycles. The SMILES string of the molecule is CCc1[nH]c(C(=O)NC[C@H]2CCCN(C(C)C)C2)c(C)c1C(=O)OC. The molecule has 1 atom stereocenters. The summed E-state index contributed by atoms with van der Waals surface area (Å²) in [5.41, 5.74) is 2.36. The van der Waals surface area contributed by atoms with Crippen molar-refractivity contribution in [3.05, 3.63) is 22.5 Å². The van der Waals surface area contributed by atoms with Gasteiger partial charge in [-0.3, -0.25) is 4.79 Å². The third-order valence-electron chi connectivity index (χ3n) is 5.13. The molecule has 0 aromatic carbocycles. The van der Waals surface area contributed by atoms with Crippen LogP contribution in [-0.2, 0) is 11.2 Å². The number of aromatic amines is 1. The first-order valence-electron chi connectivity index (χ1n) is 9.20. The lowest BCUT2D eigenvalue weighted by Crippen LogP contribution is -2.43. The van der Waals surface area contributed by atoms with Crippen LogP contribution in [0, 0.1) is 12.8 Å². The number of aryl methyl sites for hydroxylation is 1. The number of nitrogens with zero attached hydrogens (tertiary/aromatic N) is 1. The second-order valence-corrected chi connectivity index (χ2v) is 7.13. The van der Waals surface area contributed by atoms with Gasteiger partial charge in [0.25, 0.3) is 5.91 Å². The van der Waals surface area contributed by atoms with Crippen LogP contribution in [0.15, 0.2) is 0 Å². The minimum atomic E-state index is -0.399. The van der Waals surface area contributed by atoms with Crippen LogP contribution in [0.1, 0.15) is 65.7 Å². The Morgan fingerprint density at radius 2 is 2.12 bits per heavy atom.